The van der Waals surface area contributed by atoms with Crippen molar-refractivity contribution in [3.05, 3.63) is 53.9 Å². The number of benzene rings is 1. The van der Waals surface area contributed by atoms with E-state index in [1.165, 1.54) is 0 Å². The third kappa shape index (κ3) is 3.66. The number of anilines is 1. The minimum Gasteiger partial charge on any atom is -0.497 e. The lowest BCUT2D eigenvalue weighted by atomic mass is 10.2. The molecule has 0 atom stereocenters. The van der Waals surface area contributed by atoms with E-state index >= 15 is 0 Å². The fraction of sp³-hybridized carbons (Fsp3) is 0.143. The first-order valence-electron chi connectivity index (χ1n) is 5.81. The molecule has 1 heterocycles. The molecule has 4 nitrogen and oxygen atoms in total. The van der Waals surface area contributed by atoms with Crippen LogP contribution in [-0.4, -0.2) is 17.1 Å². The Morgan fingerprint density at radius 1 is 1.37 bits per heavy atom. The van der Waals surface area contributed by atoms with Gasteiger partial charge in [0.05, 0.1) is 24.7 Å². The van der Waals surface area contributed by atoms with E-state index < -0.39 is 0 Å². The third-order valence-corrected chi connectivity index (χ3v) is 2.86. The Kier molecular flexibility index (Phi) is 4.30. The van der Waals surface area contributed by atoms with Gasteiger partial charge in [0, 0.05) is 6.54 Å². The van der Waals surface area contributed by atoms with Crippen molar-refractivity contribution in [1.29, 1.82) is 0 Å². The van der Waals surface area contributed by atoms with Gasteiger partial charge in [0.2, 0.25) is 0 Å². The Bertz CT molecular complexity index is 569. The zero-order valence-electron chi connectivity index (χ0n) is 10.6. The van der Waals surface area contributed by atoms with Crippen molar-refractivity contribution in [1.82, 2.24) is 4.98 Å². The number of nitrogens with one attached hydrogen (secondary N) is 1. The summed E-state index contributed by atoms with van der Waals surface area (Å²) < 4.78 is 5.18. The van der Waals surface area contributed by atoms with Gasteiger partial charge < -0.3 is 15.8 Å². The van der Waals surface area contributed by atoms with Crippen LogP contribution in [0.25, 0.3) is 0 Å². The summed E-state index contributed by atoms with van der Waals surface area (Å²) in [7, 11) is 1.66. The van der Waals surface area contributed by atoms with Gasteiger partial charge in [0.25, 0.3) is 0 Å². The van der Waals surface area contributed by atoms with E-state index in [2.05, 4.69) is 10.3 Å². The standard InChI is InChI=1S/C14H15N3OS/c1-18-12-4-2-3-10(7-12)8-16-11-5-6-13(14(15)19)17-9-11/h2-7,9,16H,8H2,1H3,(H2,15,19). The number of hydrogen-bond donors (Lipinski definition) is 2. The Labute approximate surface area is 117 Å². The number of hydrogen-bond acceptors (Lipinski definition) is 4. The second kappa shape index (κ2) is 6.15. The SMILES string of the molecule is COc1cccc(CNc2ccc(C(N)=S)nc2)c1. The molecule has 1 aromatic carbocycles. The Hall–Kier alpha value is -2.14. The molecule has 98 valence electrons. The molecule has 0 aliphatic heterocycles. The molecule has 19 heavy (non-hydrogen) atoms. The highest BCUT2D eigenvalue weighted by Crippen LogP contribution is 2.14. The smallest absolute Gasteiger partial charge is 0.122 e. The van der Waals surface area contributed by atoms with Gasteiger partial charge in [0.15, 0.2) is 0 Å². The molecule has 0 spiro atoms. The number of nitrogens with two attached hydrogens (primary N) is 1. The molecule has 0 bridgehead atoms. The van der Waals surface area contributed by atoms with Crippen LogP contribution in [0.4, 0.5) is 5.69 Å². The summed E-state index contributed by atoms with van der Waals surface area (Å²) in [6.45, 7) is 0.700. The van der Waals surface area contributed by atoms with Crippen LogP contribution in [0.1, 0.15) is 11.3 Å². The van der Waals surface area contributed by atoms with E-state index in [4.69, 9.17) is 22.7 Å². The molecule has 0 aliphatic carbocycles. The maximum absolute atomic E-state index is 5.50. The van der Waals surface area contributed by atoms with Gasteiger partial charge in [-0.1, -0.05) is 24.4 Å². The molecule has 0 aliphatic rings. The van der Waals surface area contributed by atoms with Gasteiger partial charge in [-0.25, -0.2) is 0 Å². The van der Waals surface area contributed by atoms with Crippen LogP contribution < -0.4 is 15.8 Å². The quantitative estimate of drug-likeness (QED) is 0.819. The minimum absolute atomic E-state index is 0.305. The number of nitrogens with zero attached hydrogens (tertiary/aromatic N) is 1. The molecule has 0 amide bonds. The summed E-state index contributed by atoms with van der Waals surface area (Å²) in [5, 5.41) is 3.28. The van der Waals surface area contributed by atoms with Crippen LogP contribution in [0.3, 0.4) is 0 Å². The van der Waals surface area contributed by atoms with E-state index in [0.717, 1.165) is 17.0 Å². The highest BCUT2D eigenvalue weighted by molar-refractivity contribution is 7.80. The molecule has 0 radical (unpaired) electrons. The number of rotatable bonds is 5. The summed E-state index contributed by atoms with van der Waals surface area (Å²) >= 11 is 4.86. The largest absolute Gasteiger partial charge is 0.497 e. The van der Waals surface area contributed by atoms with E-state index in [1.54, 1.807) is 19.4 Å². The second-order valence-electron chi connectivity index (χ2n) is 4.00. The van der Waals surface area contributed by atoms with Crippen molar-refractivity contribution >= 4 is 22.9 Å². The number of pyridine rings is 1. The van der Waals surface area contributed by atoms with Gasteiger partial charge in [-0.05, 0) is 29.8 Å². The predicted molar refractivity (Wildman–Crippen MR) is 80.4 cm³/mol. The molecule has 0 unspecified atom stereocenters. The zero-order chi connectivity index (χ0) is 13.7. The molecule has 0 saturated heterocycles. The van der Waals surface area contributed by atoms with Gasteiger partial charge in [-0.2, -0.15) is 0 Å². The molecule has 5 heteroatoms. The minimum atomic E-state index is 0.305. The van der Waals surface area contributed by atoms with Crippen molar-refractivity contribution in [2.45, 2.75) is 6.54 Å². The maximum Gasteiger partial charge on any atom is 0.122 e. The Morgan fingerprint density at radius 3 is 2.84 bits per heavy atom. The van der Waals surface area contributed by atoms with Crippen molar-refractivity contribution in [3.63, 3.8) is 0 Å². The van der Waals surface area contributed by atoms with Gasteiger partial charge in [-0.3, -0.25) is 4.98 Å². The monoisotopic (exact) mass is 273 g/mol. The van der Waals surface area contributed by atoms with E-state index in [9.17, 15) is 0 Å². The first-order chi connectivity index (χ1) is 9.19. The molecular formula is C14H15N3OS. The summed E-state index contributed by atoms with van der Waals surface area (Å²) in [4.78, 5) is 4.48. The van der Waals surface area contributed by atoms with Crippen molar-refractivity contribution in [2.24, 2.45) is 5.73 Å². The van der Waals surface area contributed by atoms with Gasteiger partial charge in [0.1, 0.15) is 10.7 Å². The number of aromatic nitrogens is 1. The van der Waals surface area contributed by atoms with Crippen LogP contribution in [0.5, 0.6) is 5.75 Å². The van der Waals surface area contributed by atoms with Crippen molar-refractivity contribution in [3.8, 4) is 5.75 Å². The first kappa shape index (κ1) is 13.3. The normalized spacial score (nSPS) is 9.95. The molecule has 1 aromatic heterocycles. The summed E-state index contributed by atoms with van der Waals surface area (Å²) in [6, 6.07) is 11.6. The topological polar surface area (TPSA) is 60.2 Å². The molecule has 0 saturated carbocycles. The van der Waals surface area contributed by atoms with Crippen molar-refractivity contribution in [2.75, 3.05) is 12.4 Å². The van der Waals surface area contributed by atoms with E-state index in [1.807, 2.05) is 30.3 Å². The molecule has 2 rings (SSSR count). The van der Waals surface area contributed by atoms with Crippen LogP contribution in [0, 0.1) is 0 Å². The molecule has 2 aromatic rings. The first-order valence-corrected chi connectivity index (χ1v) is 6.22. The van der Waals surface area contributed by atoms with E-state index in [0.29, 0.717) is 17.2 Å². The second-order valence-corrected chi connectivity index (χ2v) is 4.44. The Balaban J connectivity index is 1.99. The van der Waals surface area contributed by atoms with Crippen LogP contribution in [0.2, 0.25) is 0 Å². The van der Waals surface area contributed by atoms with E-state index in [-0.39, 0.29) is 0 Å². The average molecular weight is 273 g/mol. The van der Waals surface area contributed by atoms with Crippen molar-refractivity contribution < 1.29 is 4.74 Å². The number of ether oxygens (including phenoxy) is 1. The highest BCUT2D eigenvalue weighted by Gasteiger charge is 1.99. The molecule has 0 fully saturated rings. The van der Waals surface area contributed by atoms with Gasteiger partial charge in [-0.15, -0.1) is 0 Å². The summed E-state index contributed by atoms with van der Waals surface area (Å²) in [6.07, 6.45) is 1.72. The lowest BCUT2D eigenvalue weighted by Gasteiger charge is -2.08. The van der Waals surface area contributed by atoms with Crippen LogP contribution in [0.15, 0.2) is 42.6 Å². The lowest BCUT2D eigenvalue weighted by molar-refractivity contribution is 0.414. The van der Waals surface area contributed by atoms with Crippen LogP contribution in [-0.2, 0) is 6.54 Å². The molecular weight excluding hydrogens is 258 g/mol. The summed E-state index contributed by atoms with van der Waals surface area (Å²) in [5.41, 5.74) is 8.18. The number of methoxy groups -OCH3 is 1. The van der Waals surface area contributed by atoms with Gasteiger partial charge >= 0.3 is 0 Å². The highest BCUT2D eigenvalue weighted by atomic mass is 32.1. The fourth-order valence-corrected chi connectivity index (χ4v) is 1.75. The number of thiocarbonyl (C=S) groups is 1. The Morgan fingerprint density at radius 2 is 2.21 bits per heavy atom. The molecule has 3 N–H and O–H groups in total. The van der Waals surface area contributed by atoms with Crippen LogP contribution >= 0.6 is 12.2 Å². The fourth-order valence-electron chi connectivity index (χ4n) is 1.63. The maximum atomic E-state index is 5.50. The average Bonchev–Trinajstić information content (AvgIpc) is 2.46. The third-order valence-electron chi connectivity index (χ3n) is 2.65. The lowest BCUT2D eigenvalue weighted by Crippen LogP contribution is -2.11. The zero-order valence-corrected chi connectivity index (χ0v) is 11.4. The summed E-state index contributed by atoms with van der Waals surface area (Å²) in [5.74, 6) is 0.848. The predicted octanol–water partition coefficient (Wildman–Crippen LogP) is 2.34.